The van der Waals surface area contributed by atoms with E-state index in [2.05, 4.69) is 79.9 Å². The molecular weight excluding hydrogens is 732 g/mol. The maximum absolute atomic E-state index is 12.9. The molecular formula is C48H88N2O6P+. The van der Waals surface area contributed by atoms with Gasteiger partial charge < -0.3 is 19.8 Å². The maximum Gasteiger partial charge on any atom is 0.472 e. The smallest absolute Gasteiger partial charge is 0.387 e. The number of hydrogen-bond acceptors (Lipinski definition) is 5. The van der Waals surface area contributed by atoms with Gasteiger partial charge in [-0.05, 0) is 70.6 Å². The number of likely N-dealkylation sites (N-methyl/N-ethyl adjacent to an activating group) is 1. The molecule has 3 N–H and O–H groups in total. The second kappa shape index (κ2) is 39.4. The number of nitrogens with one attached hydrogen (secondary N) is 1. The van der Waals surface area contributed by atoms with Crippen LogP contribution >= 0.6 is 7.82 Å². The number of allylic oxidation sites excluding steroid dienone is 11. The van der Waals surface area contributed by atoms with Crippen LogP contribution in [-0.4, -0.2) is 73.4 Å². The van der Waals surface area contributed by atoms with Gasteiger partial charge in [-0.3, -0.25) is 13.8 Å². The van der Waals surface area contributed by atoms with Crippen molar-refractivity contribution in [3.63, 3.8) is 0 Å². The van der Waals surface area contributed by atoms with Gasteiger partial charge in [0, 0.05) is 6.42 Å². The third-order valence-corrected chi connectivity index (χ3v) is 10.6. The van der Waals surface area contributed by atoms with Crippen LogP contribution in [0.25, 0.3) is 0 Å². The van der Waals surface area contributed by atoms with Crippen LogP contribution in [0.3, 0.4) is 0 Å². The molecule has 0 aliphatic heterocycles. The molecule has 3 unspecified atom stereocenters. The van der Waals surface area contributed by atoms with Gasteiger partial charge in [0.15, 0.2) is 0 Å². The molecule has 0 aromatic carbocycles. The third kappa shape index (κ3) is 41.9. The van der Waals surface area contributed by atoms with Crippen molar-refractivity contribution in [1.29, 1.82) is 0 Å². The molecule has 0 spiro atoms. The molecule has 0 bridgehead atoms. The monoisotopic (exact) mass is 820 g/mol. The number of nitrogens with zero attached hydrogens (tertiary/aromatic N) is 1. The summed E-state index contributed by atoms with van der Waals surface area (Å²) < 4.78 is 23.5. The van der Waals surface area contributed by atoms with Crippen LogP contribution < -0.4 is 5.32 Å². The van der Waals surface area contributed by atoms with E-state index in [4.69, 9.17) is 9.05 Å². The van der Waals surface area contributed by atoms with E-state index in [1.807, 2.05) is 27.2 Å². The molecule has 0 aromatic heterocycles. The van der Waals surface area contributed by atoms with E-state index < -0.39 is 20.0 Å². The number of phosphoric acid groups is 1. The lowest BCUT2D eigenvalue weighted by Crippen LogP contribution is -2.45. The SMILES string of the molecule is CC/C=C\C/C=C\C/C=C\C/C=C\CCCCCCCCCCC(=O)NC(COP(=O)(O)OCC[N+](C)(C)C)C(O)/C=C/CC/C=C/CCCCCCCCCC. The summed E-state index contributed by atoms with van der Waals surface area (Å²) in [6.07, 6.45) is 52.6. The molecule has 0 rings (SSSR count). The van der Waals surface area contributed by atoms with Gasteiger partial charge in [-0.15, -0.1) is 0 Å². The largest absolute Gasteiger partial charge is 0.472 e. The normalized spacial score (nSPS) is 15.0. The van der Waals surface area contributed by atoms with Crippen LogP contribution in [0.5, 0.6) is 0 Å². The topological polar surface area (TPSA) is 105 Å². The number of aliphatic hydroxyl groups excluding tert-OH is 1. The molecule has 0 radical (unpaired) electrons. The average Bonchev–Trinajstić information content (AvgIpc) is 3.16. The molecule has 57 heavy (non-hydrogen) atoms. The van der Waals surface area contributed by atoms with E-state index in [0.717, 1.165) is 70.6 Å². The first-order valence-corrected chi connectivity index (χ1v) is 24.3. The lowest BCUT2D eigenvalue weighted by atomic mass is 10.1. The zero-order chi connectivity index (χ0) is 42.1. The van der Waals surface area contributed by atoms with Crippen LogP contribution in [0, 0.1) is 0 Å². The Morgan fingerprint density at radius 1 is 0.614 bits per heavy atom. The highest BCUT2D eigenvalue weighted by atomic mass is 31.2. The van der Waals surface area contributed by atoms with Crippen molar-refractivity contribution in [2.75, 3.05) is 40.9 Å². The lowest BCUT2D eigenvalue weighted by molar-refractivity contribution is -0.870. The summed E-state index contributed by atoms with van der Waals surface area (Å²) in [5, 5.41) is 13.8. The predicted octanol–water partition coefficient (Wildman–Crippen LogP) is 12.8. The number of rotatable bonds is 40. The second-order valence-corrected chi connectivity index (χ2v) is 17.8. The van der Waals surface area contributed by atoms with Gasteiger partial charge in [0.2, 0.25) is 5.91 Å². The number of aliphatic hydroxyl groups is 1. The van der Waals surface area contributed by atoms with Gasteiger partial charge in [0.1, 0.15) is 13.2 Å². The van der Waals surface area contributed by atoms with E-state index in [9.17, 15) is 19.4 Å². The Hall–Kier alpha value is -2.06. The summed E-state index contributed by atoms with van der Waals surface area (Å²) in [6, 6.07) is -0.870. The summed E-state index contributed by atoms with van der Waals surface area (Å²) in [5.74, 6) is -0.200. The Labute approximate surface area is 351 Å². The van der Waals surface area contributed by atoms with Crippen LogP contribution in [0.1, 0.15) is 174 Å². The number of carbonyl (C=O) groups is 1. The van der Waals surface area contributed by atoms with Gasteiger partial charge in [0.25, 0.3) is 0 Å². The zero-order valence-electron chi connectivity index (χ0n) is 37.3. The first kappa shape index (κ1) is 54.9. The molecule has 0 aromatic rings. The van der Waals surface area contributed by atoms with Gasteiger partial charge in [0.05, 0.1) is 39.9 Å². The Morgan fingerprint density at radius 2 is 1.07 bits per heavy atom. The second-order valence-electron chi connectivity index (χ2n) is 16.4. The Kier molecular flexibility index (Phi) is 38.0. The molecule has 0 saturated heterocycles. The molecule has 1 amide bonds. The van der Waals surface area contributed by atoms with Gasteiger partial charge >= 0.3 is 7.82 Å². The number of amides is 1. The van der Waals surface area contributed by atoms with Crippen molar-refractivity contribution >= 4 is 13.7 Å². The molecule has 9 heteroatoms. The zero-order valence-corrected chi connectivity index (χ0v) is 38.2. The Bertz CT molecular complexity index is 1160. The Balaban J connectivity index is 4.44. The summed E-state index contributed by atoms with van der Waals surface area (Å²) in [7, 11) is 1.54. The fourth-order valence-electron chi connectivity index (χ4n) is 6.05. The quantitative estimate of drug-likeness (QED) is 0.0246. The number of unbranched alkanes of at least 4 members (excludes halogenated alkanes) is 17. The molecule has 330 valence electrons. The van der Waals surface area contributed by atoms with Crippen molar-refractivity contribution in [1.82, 2.24) is 5.32 Å². The predicted molar refractivity (Wildman–Crippen MR) is 244 cm³/mol. The van der Waals surface area contributed by atoms with Gasteiger partial charge in [-0.1, -0.05) is 170 Å². The maximum atomic E-state index is 12.9. The van der Waals surface area contributed by atoms with E-state index in [-0.39, 0.29) is 19.1 Å². The number of carbonyl (C=O) groups excluding carboxylic acids is 1. The van der Waals surface area contributed by atoms with Crippen molar-refractivity contribution in [3.05, 3.63) is 72.9 Å². The van der Waals surface area contributed by atoms with Crippen molar-refractivity contribution in [3.8, 4) is 0 Å². The summed E-state index contributed by atoms with van der Waals surface area (Å²) in [5.41, 5.74) is 0. The minimum Gasteiger partial charge on any atom is -0.387 e. The number of phosphoric ester groups is 1. The van der Waals surface area contributed by atoms with E-state index in [1.54, 1.807) is 6.08 Å². The highest BCUT2D eigenvalue weighted by Gasteiger charge is 2.27. The van der Waals surface area contributed by atoms with Crippen molar-refractivity contribution in [2.45, 2.75) is 187 Å². The highest BCUT2D eigenvalue weighted by molar-refractivity contribution is 7.47. The van der Waals surface area contributed by atoms with Crippen LogP contribution in [0.15, 0.2) is 72.9 Å². The van der Waals surface area contributed by atoms with E-state index in [0.29, 0.717) is 17.4 Å². The molecule has 0 heterocycles. The highest BCUT2D eigenvalue weighted by Crippen LogP contribution is 2.43. The minimum absolute atomic E-state index is 0.0509. The van der Waals surface area contributed by atoms with Crippen LogP contribution in [-0.2, 0) is 18.4 Å². The summed E-state index contributed by atoms with van der Waals surface area (Å²) >= 11 is 0. The van der Waals surface area contributed by atoms with Crippen LogP contribution in [0.4, 0.5) is 0 Å². The molecule has 0 saturated carbocycles. The van der Waals surface area contributed by atoms with E-state index >= 15 is 0 Å². The average molecular weight is 820 g/mol. The minimum atomic E-state index is -4.35. The fourth-order valence-corrected chi connectivity index (χ4v) is 6.78. The van der Waals surface area contributed by atoms with Gasteiger partial charge in [-0.25, -0.2) is 4.57 Å². The third-order valence-electron chi connectivity index (χ3n) is 9.66. The van der Waals surface area contributed by atoms with Crippen molar-refractivity contribution < 1.29 is 32.9 Å². The van der Waals surface area contributed by atoms with Crippen LogP contribution in [0.2, 0.25) is 0 Å². The first-order chi connectivity index (χ1) is 27.5. The van der Waals surface area contributed by atoms with E-state index in [1.165, 1.54) is 83.5 Å². The molecule has 3 atom stereocenters. The lowest BCUT2D eigenvalue weighted by Gasteiger charge is -2.25. The van der Waals surface area contributed by atoms with Crippen molar-refractivity contribution in [2.24, 2.45) is 0 Å². The summed E-state index contributed by atoms with van der Waals surface area (Å²) in [4.78, 5) is 23.1. The standard InChI is InChI=1S/C48H87N2O6P/c1-6-8-10-12-14-16-18-20-22-23-24-25-26-27-28-30-32-34-36-38-40-42-48(52)49-46(45-56-57(53,54)55-44-43-50(3,4)5)47(51)41-39-37-35-33-31-29-21-19-17-15-13-11-9-7-2/h8,10,14,16,20,22,24-25,31,33,39,41,46-47,51H,6-7,9,11-13,15,17-19,21,23,26-30,32,34-38,40,42-45H2,1-5H3,(H-,49,52,53,54)/p+1/b10-8-,16-14-,22-20-,25-24-,33-31+,41-39+. The number of quaternary nitrogens is 1. The first-order valence-electron chi connectivity index (χ1n) is 22.8. The molecule has 8 nitrogen and oxygen atoms in total. The van der Waals surface area contributed by atoms with Gasteiger partial charge in [-0.2, -0.15) is 0 Å². The molecule has 0 aliphatic rings. The molecule has 0 aliphatic carbocycles. The Morgan fingerprint density at radius 3 is 1.61 bits per heavy atom. The molecule has 0 fully saturated rings. The summed E-state index contributed by atoms with van der Waals surface area (Å²) in [6.45, 7) is 4.65. The number of hydrogen-bond donors (Lipinski definition) is 3. The fraction of sp³-hybridized carbons (Fsp3) is 0.729.